The van der Waals surface area contributed by atoms with Gasteiger partial charge in [0.25, 0.3) is 0 Å². The molecule has 2 rings (SSSR count). The summed E-state index contributed by atoms with van der Waals surface area (Å²) in [6, 6.07) is 2.01. The largest absolute Gasteiger partial charge is 0.316 e. The Morgan fingerprint density at radius 1 is 1.67 bits per heavy atom. The topological polar surface area (TPSA) is 46.9 Å². The van der Waals surface area contributed by atoms with E-state index in [0.717, 1.165) is 25.9 Å². The third-order valence-corrected chi connectivity index (χ3v) is 3.07. The van der Waals surface area contributed by atoms with Crippen molar-refractivity contribution in [1.82, 2.24) is 15.1 Å². The van der Waals surface area contributed by atoms with Gasteiger partial charge in [-0.15, -0.1) is 0 Å². The molecular formula is C11H17N3O. The van der Waals surface area contributed by atoms with Gasteiger partial charge >= 0.3 is 0 Å². The van der Waals surface area contributed by atoms with Crippen molar-refractivity contribution in [2.75, 3.05) is 13.1 Å². The van der Waals surface area contributed by atoms with Crippen LogP contribution in [0.15, 0.2) is 12.3 Å². The summed E-state index contributed by atoms with van der Waals surface area (Å²) in [5, 5.41) is 7.38. The molecule has 1 unspecified atom stereocenters. The number of rotatable bonds is 3. The lowest BCUT2D eigenvalue weighted by Crippen LogP contribution is -2.37. The molecule has 0 saturated carbocycles. The molecule has 0 amide bonds. The first-order valence-electron chi connectivity index (χ1n) is 5.47. The van der Waals surface area contributed by atoms with Gasteiger partial charge in [-0.25, -0.2) is 0 Å². The van der Waals surface area contributed by atoms with E-state index in [2.05, 4.69) is 10.4 Å². The maximum Gasteiger partial charge on any atom is 0.138 e. The molecule has 0 aliphatic carbocycles. The van der Waals surface area contributed by atoms with E-state index in [4.69, 9.17) is 0 Å². The third-order valence-electron chi connectivity index (χ3n) is 3.07. The second-order valence-electron chi connectivity index (χ2n) is 4.10. The molecule has 1 aromatic rings. The average molecular weight is 207 g/mol. The fraction of sp³-hybridized carbons (Fsp3) is 0.636. The zero-order valence-electron chi connectivity index (χ0n) is 9.07. The summed E-state index contributed by atoms with van der Waals surface area (Å²) in [4.78, 5) is 11.6. The highest BCUT2D eigenvalue weighted by molar-refractivity contribution is 5.82. The van der Waals surface area contributed by atoms with Gasteiger partial charge in [0.1, 0.15) is 5.78 Å². The molecular weight excluding hydrogens is 190 g/mol. The van der Waals surface area contributed by atoms with Gasteiger partial charge in [-0.3, -0.25) is 9.48 Å². The zero-order chi connectivity index (χ0) is 10.7. The highest BCUT2D eigenvalue weighted by atomic mass is 16.1. The number of hydrogen-bond acceptors (Lipinski definition) is 3. The number of nitrogens with zero attached hydrogens (tertiary/aromatic N) is 2. The molecule has 1 N–H and O–H groups in total. The first-order valence-corrected chi connectivity index (χ1v) is 5.47. The Bertz CT molecular complexity index is 345. The first kappa shape index (κ1) is 10.4. The standard InChI is InChI=1S/C11H17N3O/c1-14-10(4-7-13-14)3-2-9-8-12-6-5-11(9)15/h4,7,9,12H,2-3,5-6,8H2,1H3. The molecule has 1 atom stereocenters. The Morgan fingerprint density at radius 2 is 2.53 bits per heavy atom. The molecule has 1 fully saturated rings. The van der Waals surface area contributed by atoms with E-state index in [1.165, 1.54) is 5.69 Å². The van der Waals surface area contributed by atoms with E-state index in [0.29, 0.717) is 12.2 Å². The summed E-state index contributed by atoms with van der Waals surface area (Å²) in [5.41, 5.74) is 1.20. The Morgan fingerprint density at radius 3 is 3.20 bits per heavy atom. The smallest absolute Gasteiger partial charge is 0.138 e. The maximum absolute atomic E-state index is 11.6. The van der Waals surface area contributed by atoms with Crippen LogP contribution in [0.2, 0.25) is 0 Å². The number of aryl methyl sites for hydroxylation is 2. The van der Waals surface area contributed by atoms with Gasteiger partial charge in [0.2, 0.25) is 0 Å². The molecule has 2 heterocycles. The highest BCUT2D eigenvalue weighted by Gasteiger charge is 2.21. The van der Waals surface area contributed by atoms with Crippen molar-refractivity contribution in [2.24, 2.45) is 13.0 Å². The van der Waals surface area contributed by atoms with Crippen LogP contribution in [0, 0.1) is 5.92 Å². The monoisotopic (exact) mass is 207 g/mol. The summed E-state index contributed by atoms with van der Waals surface area (Å²) in [6.45, 7) is 1.69. The molecule has 15 heavy (non-hydrogen) atoms. The molecule has 0 spiro atoms. The highest BCUT2D eigenvalue weighted by Crippen LogP contribution is 2.13. The second-order valence-corrected chi connectivity index (χ2v) is 4.10. The zero-order valence-corrected chi connectivity index (χ0v) is 9.07. The lowest BCUT2D eigenvalue weighted by atomic mass is 9.92. The summed E-state index contributed by atoms with van der Waals surface area (Å²) in [6.07, 6.45) is 4.37. The fourth-order valence-electron chi connectivity index (χ4n) is 2.04. The number of carbonyl (C=O) groups excluding carboxylic acids is 1. The summed E-state index contributed by atoms with van der Waals surface area (Å²) < 4.78 is 1.88. The van der Waals surface area contributed by atoms with E-state index in [1.807, 2.05) is 17.8 Å². The molecule has 0 aromatic carbocycles. The maximum atomic E-state index is 11.6. The Hall–Kier alpha value is -1.16. The Labute approximate surface area is 89.7 Å². The number of Topliss-reactive ketones (excluding diaryl/α,β-unsaturated/α-hetero) is 1. The van der Waals surface area contributed by atoms with E-state index >= 15 is 0 Å². The summed E-state index contributed by atoms with van der Waals surface area (Å²) >= 11 is 0. The molecule has 1 saturated heterocycles. The van der Waals surface area contributed by atoms with Gasteiger partial charge in [0.05, 0.1) is 0 Å². The van der Waals surface area contributed by atoms with E-state index in [1.54, 1.807) is 6.20 Å². The third kappa shape index (κ3) is 2.45. The minimum Gasteiger partial charge on any atom is -0.316 e. The number of carbonyl (C=O) groups is 1. The lowest BCUT2D eigenvalue weighted by molar-refractivity contribution is -0.124. The number of aromatic nitrogens is 2. The van der Waals surface area contributed by atoms with Crippen molar-refractivity contribution in [3.8, 4) is 0 Å². The number of nitrogens with one attached hydrogen (secondary N) is 1. The van der Waals surface area contributed by atoms with E-state index in [9.17, 15) is 4.79 Å². The van der Waals surface area contributed by atoms with Crippen LogP contribution < -0.4 is 5.32 Å². The Balaban J connectivity index is 1.87. The van der Waals surface area contributed by atoms with E-state index in [-0.39, 0.29) is 5.92 Å². The lowest BCUT2D eigenvalue weighted by Gasteiger charge is -2.21. The summed E-state index contributed by atoms with van der Waals surface area (Å²) in [5.74, 6) is 0.615. The van der Waals surface area contributed by atoms with Gasteiger partial charge in [-0.1, -0.05) is 0 Å². The molecule has 82 valence electrons. The predicted molar refractivity (Wildman–Crippen MR) is 57.5 cm³/mol. The van der Waals surface area contributed by atoms with Crippen LogP contribution in [0.4, 0.5) is 0 Å². The minimum atomic E-state index is 0.202. The van der Waals surface area contributed by atoms with E-state index < -0.39 is 0 Å². The van der Waals surface area contributed by atoms with Crippen molar-refractivity contribution >= 4 is 5.78 Å². The van der Waals surface area contributed by atoms with Crippen molar-refractivity contribution in [3.63, 3.8) is 0 Å². The van der Waals surface area contributed by atoms with Crippen molar-refractivity contribution in [3.05, 3.63) is 18.0 Å². The normalized spacial score (nSPS) is 21.9. The van der Waals surface area contributed by atoms with Gasteiger partial charge < -0.3 is 5.32 Å². The minimum absolute atomic E-state index is 0.202. The fourth-order valence-corrected chi connectivity index (χ4v) is 2.04. The van der Waals surface area contributed by atoms with Gasteiger partial charge in [-0.05, 0) is 18.9 Å². The molecule has 0 radical (unpaired) electrons. The Kier molecular flexibility index (Phi) is 3.16. The van der Waals surface area contributed by atoms with Crippen LogP contribution in [0.1, 0.15) is 18.5 Å². The van der Waals surface area contributed by atoms with Crippen LogP contribution in [0.25, 0.3) is 0 Å². The van der Waals surface area contributed by atoms with Crippen LogP contribution in [0.5, 0.6) is 0 Å². The van der Waals surface area contributed by atoms with Gasteiger partial charge in [0, 0.05) is 44.4 Å². The molecule has 1 aromatic heterocycles. The number of hydrogen-bond donors (Lipinski definition) is 1. The van der Waals surface area contributed by atoms with Crippen molar-refractivity contribution in [1.29, 1.82) is 0 Å². The molecule has 1 aliphatic rings. The predicted octanol–water partition coefficient (Wildman–Crippen LogP) is 0.531. The molecule has 0 bridgehead atoms. The van der Waals surface area contributed by atoms with Gasteiger partial charge in [0.15, 0.2) is 0 Å². The van der Waals surface area contributed by atoms with Crippen LogP contribution >= 0.6 is 0 Å². The van der Waals surface area contributed by atoms with Crippen LogP contribution in [-0.2, 0) is 18.3 Å². The van der Waals surface area contributed by atoms with Crippen LogP contribution in [0.3, 0.4) is 0 Å². The van der Waals surface area contributed by atoms with Crippen molar-refractivity contribution < 1.29 is 4.79 Å². The number of piperidine rings is 1. The second kappa shape index (κ2) is 4.57. The SMILES string of the molecule is Cn1nccc1CCC1CNCCC1=O. The quantitative estimate of drug-likeness (QED) is 0.786. The van der Waals surface area contributed by atoms with Gasteiger partial charge in [-0.2, -0.15) is 5.10 Å². The summed E-state index contributed by atoms with van der Waals surface area (Å²) in [7, 11) is 1.94. The first-order chi connectivity index (χ1) is 7.27. The average Bonchev–Trinajstić information content (AvgIpc) is 2.63. The molecule has 4 nitrogen and oxygen atoms in total. The number of ketones is 1. The van der Waals surface area contributed by atoms with Crippen LogP contribution in [-0.4, -0.2) is 28.7 Å². The van der Waals surface area contributed by atoms with Crippen molar-refractivity contribution in [2.45, 2.75) is 19.3 Å². The molecule has 1 aliphatic heterocycles. The molecule has 4 heteroatoms.